The standard InChI is InChI=1S/C17H30O3/c1-12(2)13-6-7-16(5)8-9-17(18-10-11-19-17)15(3,4)14(16)20-13/h12-14H,6-11H2,1-5H3/t13-,14-,16-/m0/s1. The summed E-state index contributed by atoms with van der Waals surface area (Å²) in [6.45, 7) is 12.9. The predicted molar refractivity (Wildman–Crippen MR) is 78.5 cm³/mol. The fourth-order valence-electron chi connectivity index (χ4n) is 4.74. The maximum Gasteiger partial charge on any atom is 0.176 e. The van der Waals surface area contributed by atoms with Crippen molar-refractivity contribution in [3.05, 3.63) is 0 Å². The molecule has 0 amide bonds. The van der Waals surface area contributed by atoms with Crippen molar-refractivity contribution in [3.8, 4) is 0 Å². The minimum absolute atomic E-state index is 0.0932. The molecule has 1 aliphatic carbocycles. The van der Waals surface area contributed by atoms with Gasteiger partial charge in [-0.1, -0.05) is 34.6 Å². The van der Waals surface area contributed by atoms with Crippen molar-refractivity contribution in [2.24, 2.45) is 16.7 Å². The summed E-state index contributed by atoms with van der Waals surface area (Å²) in [4.78, 5) is 0. The van der Waals surface area contributed by atoms with Crippen LogP contribution in [0, 0.1) is 16.7 Å². The Hall–Kier alpha value is -0.120. The lowest BCUT2D eigenvalue weighted by molar-refractivity contribution is -0.323. The second-order valence-electron chi connectivity index (χ2n) is 8.16. The van der Waals surface area contributed by atoms with Gasteiger partial charge < -0.3 is 14.2 Å². The van der Waals surface area contributed by atoms with E-state index >= 15 is 0 Å². The smallest absolute Gasteiger partial charge is 0.176 e. The van der Waals surface area contributed by atoms with Crippen LogP contribution in [0.5, 0.6) is 0 Å². The third kappa shape index (κ3) is 1.97. The van der Waals surface area contributed by atoms with Gasteiger partial charge in [0.05, 0.1) is 25.4 Å². The molecule has 0 N–H and O–H groups in total. The van der Waals surface area contributed by atoms with Gasteiger partial charge in [0.1, 0.15) is 0 Å². The number of hydrogen-bond acceptors (Lipinski definition) is 3. The van der Waals surface area contributed by atoms with Gasteiger partial charge >= 0.3 is 0 Å². The molecule has 3 rings (SSSR count). The van der Waals surface area contributed by atoms with E-state index in [0.717, 1.165) is 26.1 Å². The Balaban J connectivity index is 1.90. The molecule has 2 aliphatic heterocycles. The molecule has 0 bridgehead atoms. The third-order valence-electron chi connectivity index (χ3n) is 6.10. The summed E-state index contributed by atoms with van der Waals surface area (Å²) in [6.07, 6.45) is 5.20. The van der Waals surface area contributed by atoms with E-state index in [4.69, 9.17) is 14.2 Å². The van der Waals surface area contributed by atoms with E-state index in [1.807, 2.05) is 0 Å². The third-order valence-corrected chi connectivity index (χ3v) is 6.10. The molecular formula is C17H30O3. The van der Waals surface area contributed by atoms with Gasteiger partial charge in [0, 0.05) is 11.8 Å². The summed E-state index contributed by atoms with van der Waals surface area (Å²) in [7, 11) is 0. The predicted octanol–water partition coefficient (Wildman–Crippen LogP) is 3.76. The highest BCUT2D eigenvalue weighted by atomic mass is 16.7. The number of ether oxygens (including phenoxy) is 3. The molecule has 1 saturated carbocycles. The van der Waals surface area contributed by atoms with E-state index in [2.05, 4.69) is 34.6 Å². The molecule has 2 heterocycles. The Labute approximate surface area is 123 Å². The monoisotopic (exact) mass is 282 g/mol. The molecule has 2 saturated heterocycles. The molecular weight excluding hydrogens is 252 g/mol. The molecule has 3 aliphatic rings. The molecule has 1 spiro atoms. The van der Waals surface area contributed by atoms with Gasteiger partial charge in [-0.15, -0.1) is 0 Å². The molecule has 0 aromatic heterocycles. The number of rotatable bonds is 1. The van der Waals surface area contributed by atoms with Crippen LogP contribution in [0.4, 0.5) is 0 Å². The van der Waals surface area contributed by atoms with Gasteiger partial charge in [0.25, 0.3) is 0 Å². The van der Waals surface area contributed by atoms with Crippen LogP contribution in [0.1, 0.15) is 60.3 Å². The molecule has 0 aromatic rings. The van der Waals surface area contributed by atoms with E-state index in [0.29, 0.717) is 12.0 Å². The van der Waals surface area contributed by atoms with Crippen molar-refractivity contribution < 1.29 is 14.2 Å². The minimum Gasteiger partial charge on any atom is -0.373 e. The van der Waals surface area contributed by atoms with Crippen LogP contribution in [0.2, 0.25) is 0 Å². The fraction of sp³-hybridized carbons (Fsp3) is 1.00. The maximum absolute atomic E-state index is 6.60. The van der Waals surface area contributed by atoms with E-state index in [-0.39, 0.29) is 16.9 Å². The largest absolute Gasteiger partial charge is 0.373 e. The molecule has 3 fully saturated rings. The molecule has 3 atom stereocenters. The van der Waals surface area contributed by atoms with Crippen molar-refractivity contribution in [2.45, 2.75) is 78.3 Å². The van der Waals surface area contributed by atoms with Gasteiger partial charge in [0.2, 0.25) is 0 Å². The maximum atomic E-state index is 6.60. The van der Waals surface area contributed by atoms with Crippen molar-refractivity contribution in [2.75, 3.05) is 13.2 Å². The first-order valence-corrected chi connectivity index (χ1v) is 8.24. The summed E-state index contributed by atoms with van der Waals surface area (Å²) < 4.78 is 18.8. The van der Waals surface area contributed by atoms with Crippen LogP contribution >= 0.6 is 0 Å². The zero-order valence-corrected chi connectivity index (χ0v) is 13.7. The Bertz CT molecular complexity index is 370. The van der Waals surface area contributed by atoms with Crippen molar-refractivity contribution in [1.29, 1.82) is 0 Å². The average molecular weight is 282 g/mol. The van der Waals surface area contributed by atoms with E-state index in [9.17, 15) is 0 Å². The van der Waals surface area contributed by atoms with Gasteiger partial charge in [-0.25, -0.2) is 0 Å². The summed E-state index contributed by atoms with van der Waals surface area (Å²) >= 11 is 0. The molecule has 3 heteroatoms. The van der Waals surface area contributed by atoms with Crippen LogP contribution in [0.3, 0.4) is 0 Å². The summed E-state index contributed by atoms with van der Waals surface area (Å²) in [5.41, 5.74) is 0.180. The van der Waals surface area contributed by atoms with E-state index in [1.165, 1.54) is 12.8 Å². The van der Waals surface area contributed by atoms with Gasteiger partial charge in [-0.2, -0.15) is 0 Å². The molecule has 0 radical (unpaired) electrons. The Morgan fingerprint density at radius 2 is 1.60 bits per heavy atom. The zero-order valence-electron chi connectivity index (χ0n) is 13.7. The van der Waals surface area contributed by atoms with Crippen LogP contribution in [0.25, 0.3) is 0 Å². The Kier molecular flexibility index (Phi) is 3.47. The highest BCUT2D eigenvalue weighted by Gasteiger charge is 2.64. The topological polar surface area (TPSA) is 27.7 Å². The molecule has 0 aromatic carbocycles. The summed E-state index contributed by atoms with van der Waals surface area (Å²) in [6, 6.07) is 0. The lowest BCUT2D eigenvalue weighted by Crippen LogP contribution is -2.64. The Morgan fingerprint density at radius 3 is 2.20 bits per heavy atom. The summed E-state index contributed by atoms with van der Waals surface area (Å²) in [5.74, 6) is 0.161. The van der Waals surface area contributed by atoms with Crippen LogP contribution in [-0.2, 0) is 14.2 Å². The molecule has 0 unspecified atom stereocenters. The van der Waals surface area contributed by atoms with Gasteiger partial charge in [-0.05, 0) is 30.6 Å². The lowest BCUT2D eigenvalue weighted by atomic mass is 9.56. The number of fused-ring (bicyclic) bond motifs is 1. The first kappa shape index (κ1) is 14.8. The van der Waals surface area contributed by atoms with Crippen LogP contribution in [-0.4, -0.2) is 31.2 Å². The fourth-order valence-corrected chi connectivity index (χ4v) is 4.74. The van der Waals surface area contributed by atoms with E-state index in [1.54, 1.807) is 0 Å². The second-order valence-corrected chi connectivity index (χ2v) is 8.16. The quantitative estimate of drug-likeness (QED) is 0.733. The highest BCUT2D eigenvalue weighted by Crippen LogP contribution is 2.59. The van der Waals surface area contributed by atoms with E-state index < -0.39 is 5.79 Å². The first-order valence-electron chi connectivity index (χ1n) is 8.24. The second kappa shape index (κ2) is 4.69. The minimum atomic E-state index is -0.421. The molecule has 116 valence electrons. The zero-order chi connectivity index (χ0) is 14.6. The van der Waals surface area contributed by atoms with Gasteiger partial charge in [-0.3, -0.25) is 0 Å². The average Bonchev–Trinajstić information content (AvgIpc) is 2.85. The van der Waals surface area contributed by atoms with Crippen LogP contribution in [0.15, 0.2) is 0 Å². The highest BCUT2D eigenvalue weighted by molar-refractivity contribution is 5.08. The summed E-state index contributed by atoms with van der Waals surface area (Å²) in [5, 5.41) is 0. The van der Waals surface area contributed by atoms with Gasteiger partial charge in [0.15, 0.2) is 5.79 Å². The molecule has 3 nitrogen and oxygen atoms in total. The van der Waals surface area contributed by atoms with Crippen molar-refractivity contribution >= 4 is 0 Å². The molecule has 20 heavy (non-hydrogen) atoms. The number of hydrogen-bond donors (Lipinski definition) is 0. The SMILES string of the molecule is CC(C)[C@@H]1CC[C@@]2(C)CCC3(OCCO3)C(C)(C)[C@@H]2O1. The van der Waals surface area contributed by atoms with Crippen LogP contribution < -0.4 is 0 Å². The lowest BCUT2D eigenvalue weighted by Gasteiger charge is -2.60. The Morgan fingerprint density at radius 1 is 0.950 bits per heavy atom. The first-order chi connectivity index (χ1) is 9.31. The van der Waals surface area contributed by atoms with Crippen molar-refractivity contribution in [3.63, 3.8) is 0 Å². The normalized spacial score (nSPS) is 42.9. The van der Waals surface area contributed by atoms with Crippen molar-refractivity contribution in [1.82, 2.24) is 0 Å².